The highest BCUT2D eigenvalue weighted by Crippen LogP contribution is 2.08. The molecule has 1 rings (SSSR count). The van der Waals surface area contributed by atoms with E-state index in [-0.39, 0.29) is 6.04 Å². The second kappa shape index (κ2) is 3.25. The van der Waals surface area contributed by atoms with Crippen LogP contribution < -0.4 is 5.73 Å². The molecule has 0 fully saturated rings. The smallest absolute Gasteiger partial charge is 0.212 e. The number of aromatic nitrogens is 1. The van der Waals surface area contributed by atoms with Crippen LogP contribution in [0.2, 0.25) is 0 Å². The summed E-state index contributed by atoms with van der Waals surface area (Å²) in [5.41, 5.74) is 6.33. The first-order valence-corrected chi connectivity index (χ1v) is 3.23. The lowest BCUT2D eigenvalue weighted by Gasteiger charge is -2.03. The molecule has 2 nitrogen and oxygen atoms in total. The quantitative estimate of drug-likeness (QED) is 0.514. The van der Waals surface area contributed by atoms with Gasteiger partial charge in [0.25, 0.3) is 0 Å². The van der Waals surface area contributed by atoms with Crippen LogP contribution in [-0.4, -0.2) is 4.98 Å². The van der Waals surface area contributed by atoms with Crippen molar-refractivity contribution >= 4 is 0 Å². The minimum absolute atomic E-state index is 0.261. The molecule has 11 heavy (non-hydrogen) atoms. The molecule has 1 heterocycles. The summed E-state index contributed by atoms with van der Waals surface area (Å²) in [6, 6.07) is 2.61. The van der Waals surface area contributed by atoms with Crippen molar-refractivity contribution in [1.82, 2.24) is 4.98 Å². The fraction of sp³-hybridized carbons (Fsp3) is 0.125. The molecule has 0 bridgehead atoms. The topological polar surface area (TPSA) is 38.9 Å². The molecule has 0 unspecified atom stereocenters. The van der Waals surface area contributed by atoms with Gasteiger partial charge in [-0.1, -0.05) is 12.1 Å². The Balaban J connectivity index is 2.89. The molecule has 2 N–H and O–H groups in total. The summed E-state index contributed by atoms with van der Waals surface area (Å²) in [5.74, 6) is -0.495. The minimum Gasteiger partial charge on any atom is -0.321 e. The molecule has 1 aromatic heterocycles. The van der Waals surface area contributed by atoms with E-state index in [1.165, 1.54) is 12.3 Å². The maximum atomic E-state index is 12.3. The Hall–Kier alpha value is -1.22. The number of hydrogen-bond donors (Lipinski definition) is 1. The molecule has 58 valence electrons. The van der Waals surface area contributed by atoms with Crippen molar-refractivity contribution in [3.8, 4) is 0 Å². The van der Waals surface area contributed by atoms with E-state index in [9.17, 15) is 4.39 Å². The first-order chi connectivity index (χ1) is 5.24. The van der Waals surface area contributed by atoms with Gasteiger partial charge >= 0.3 is 0 Å². The summed E-state index contributed by atoms with van der Waals surface area (Å²) >= 11 is 0. The molecular formula is C8H9FN2. The van der Waals surface area contributed by atoms with Gasteiger partial charge in [0.15, 0.2) is 0 Å². The highest BCUT2D eigenvalue weighted by Gasteiger charge is 2.00. The van der Waals surface area contributed by atoms with Crippen LogP contribution >= 0.6 is 0 Å². The van der Waals surface area contributed by atoms with Crippen molar-refractivity contribution in [3.63, 3.8) is 0 Å². The fourth-order valence-corrected chi connectivity index (χ4v) is 0.721. The summed E-state index contributed by atoms with van der Waals surface area (Å²) in [6.45, 7) is 3.51. The molecular weight excluding hydrogens is 143 g/mol. The third-order valence-electron chi connectivity index (χ3n) is 1.39. The van der Waals surface area contributed by atoms with Gasteiger partial charge in [0, 0.05) is 12.2 Å². The van der Waals surface area contributed by atoms with Crippen molar-refractivity contribution in [2.75, 3.05) is 0 Å². The zero-order valence-electron chi connectivity index (χ0n) is 6.00. The average Bonchev–Trinajstić information content (AvgIpc) is 2.05. The van der Waals surface area contributed by atoms with Crippen molar-refractivity contribution < 1.29 is 4.39 Å². The number of rotatable bonds is 2. The molecule has 0 amide bonds. The third-order valence-corrected chi connectivity index (χ3v) is 1.39. The first-order valence-electron chi connectivity index (χ1n) is 3.23. The fourth-order valence-electron chi connectivity index (χ4n) is 0.721. The molecule has 0 saturated carbocycles. The van der Waals surface area contributed by atoms with Crippen molar-refractivity contribution in [1.29, 1.82) is 0 Å². The SMILES string of the molecule is C=C[C@H](N)c1ccc(F)nc1. The molecule has 1 aromatic rings. The van der Waals surface area contributed by atoms with E-state index < -0.39 is 5.95 Å². The standard InChI is InChI=1S/C8H9FN2/c1-2-7(10)6-3-4-8(9)11-5-6/h2-5,7H,1,10H2/t7-/m0/s1. The summed E-state index contributed by atoms with van der Waals surface area (Å²) in [5, 5.41) is 0. The zero-order valence-corrected chi connectivity index (χ0v) is 6.00. The van der Waals surface area contributed by atoms with E-state index in [0.717, 1.165) is 5.56 Å². The van der Waals surface area contributed by atoms with Crippen LogP contribution in [-0.2, 0) is 0 Å². The molecule has 0 radical (unpaired) electrons. The second-order valence-electron chi connectivity index (χ2n) is 2.18. The van der Waals surface area contributed by atoms with Gasteiger partial charge in [-0.3, -0.25) is 0 Å². The van der Waals surface area contributed by atoms with Gasteiger partial charge in [-0.05, 0) is 11.6 Å². The summed E-state index contributed by atoms with van der Waals surface area (Å²) in [7, 11) is 0. The zero-order chi connectivity index (χ0) is 8.27. The van der Waals surface area contributed by atoms with E-state index in [2.05, 4.69) is 11.6 Å². The van der Waals surface area contributed by atoms with Gasteiger partial charge in [-0.25, -0.2) is 4.98 Å². The van der Waals surface area contributed by atoms with Crippen molar-refractivity contribution in [2.45, 2.75) is 6.04 Å². The van der Waals surface area contributed by atoms with Gasteiger partial charge in [-0.2, -0.15) is 4.39 Å². The number of nitrogens with zero attached hydrogens (tertiary/aromatic N) is 1. The van der Waals surface area contributed by atoms with Gasteiger partial charge in [-0.15, -0.1) is 6.58 Å². The van der Waals surface area contributed by atoms with Crippen molar-refractivity contribution in [2.24, 2.45) is 5.73 Å². The Labute approximate surface area is 64.6 Å². The predicted molar refractivity (Wildman–Crippen MR) is 41.3 cm³/mol. The molecule has 0 saturated heterocycles. The van der Waals surface area contributed by atoms with Crippen LogP contribution in [0.3, 0.4) is 0 Å². The second-order valence-corrected chi connectivity index (χ2v) is 2.18. The molecule has 0 aromatic carbocycles. The molecule has 1 atom stereocenters. The molecule has 0 aliphatic heterocycles. The molecule has 3 heteroatoms. The monoisotopic (exact) mass is 152 g/mol. The van der Waals surface area contributed by atoms with Crippen LogP contribution in [0.1, 0.15) is 11.6 Å². The Kier molecular flexibility index (Phi) is 2.33. The van der Waals surface area contributed by atoms with Crippen LogP contribution in [0, 0.1) is 5.95 Å². The minimum atomic E-state index is -0.495. The van der Waals surface area contributed by atoms with E-state index in [4.69, 9.17) is 5.73 Å². The Bertz CT molecular complexity index is 243. The van der Waals surface area contributed by atoms with E-state index in [1.807, 2.05) is 0 Å². The number of pyridine rings is 1. The van der Waals surface area contributed by atoms with Crippen LogP contribution in [0.15, 0.2) is 31.0 Å². The summed E-state index contributed by atoms with van der Waals surface area (Å²) < 4.78 is 12.3. The third kappa shape index (κ3) is 1.85. The summed E-state index contributed by atoms with van der Waals surface area (Å²) in [4.78, 5) is 3.45. The normalized spacial score (nSPS) is 12.5. The maximum absolute atomic E-state index is 12.3. The van der Waals surface area contributed by atoms with Gasteiger partial charge in [0.2, 0.25) is 5.95 Å². The highest BCUT2D eigenvalue weighted by molar-refractivity contribution is 5.17. The van der Waals surface area contributed by atoms with Gasteiger partial charge < -0.3 is 5.73 Å². The van der Waals surface area contributed by atoms with Gasteiger partial charge in [0.1, 0.15) is 0 Å². The Morgan fingerprint density at radius 1 is 1.64 bits per heavy atom. The number of halogens is 1. The Morgan fingerprint density at radius 3 is 2.82 bits per heavy atom. The lowest BCUT2D eigenvalue weighted by atomic mass is 10.1. The van der Waals surface area contributed by atoms with Crippen LogP contribution in [0.25, 0.3) is 0 Å². The van der Waals surface area contributed by atoms with Gasteiger partial charge in [0.05, 0.1) is 0 Å². The van der Waals surface area contributed by atoms with E-state index in [1.54, 1.807) is 12.1 Å². The maximum Gasteiger partial charge on any atom is 0.212 e. The lowest BCUT2D eigenvalue weighted by molar-refractivity contribution is 0.581. The summed E-state index contributed by atoms with van der Waals surface area (Å²) in [6.07, 6.45) is 2.98. The lowest BCUT2D eigenvalue weighted by Crippen LogP contribution is -2.06. The van der Waals surface area contributed by atoms with Crippen LogP contribution in [0.4, 0.5) is 4.39 Å². The largest absolute Gasteiger partial charge is 0.321 e. The predicted octanol–water partition coefficient (Wildman–Crippen LogP) is 1.41. The molecule has 0 aliphatic carbocycles. The van der Waals surface area contributed by atoms with E-state index in [0.29, 0.717) is 0 Å². The van der Waals surface area contributed by atoms with Crippen molar-refractivity contribution in [3.05, 3.63) is 42.5 Å². The average molecular weight is 152 g/mol. The molecule has 0 aliphatic rings. The highest BCUT2D eigenvalue weighted by atomic mass is 19.1. The van der Waals surface area contributed by atoms with E-state index >= 15 is 0 Å². The molecule has 0 spiro atoms. The van der Waals surface area contributed by atoms with Crippen LogP contribution in [0.5, 0.6) is 0 Å². The number of hydrogen-bond acceptors (Lipinski definition) is 2. The Morgan fingerprint density at radius 2 is 2.36 bits per heavy atom. The number of nitrogens with two attached hydrogens (primary N) is 1. The first kappa shape index (κ1) is 7.88.